The van der Waals surface area contributed by atoms with Gasteiger partial charge in [0.05, 0.1) is 11.4 Å². The van der Waals surface area contributed by atoms with Gasteiger partial charge < -0.3 is 16.0 Å². The maximum atomic E-state index is 11.7. The van der Waals surface area contributed by atoms with Gasteiger partial charge in [-0.05, 0) is 38.1 Å². The van der Waals surface area contributed by atoms with Crippen LogP contribution in [-0.4, -0.2) is 25.5 Å². The van der Waals surface area contributed by atoms with E-state index in [-0.39, 0.29) is 5.91 Å². The number of halogens is 1. The zero-order chi connectivity index (χ0) is 13.0. The van der Waals surface area contributed by atoms with E-state index in [1.54, 1.807) is 0 Å². The normalized spacial score (nSPS) is 14.3. The van der Waals surface area contributed by atoms with E-state index in [0.29, 0.717) is 19.0 Å². The van der Waals surface area contributed by atoms with Crippen LogP contribution in [0.5, 0.6) is 0 Å². The van der Waals surface area contributed by atoms with Crippen molar-refractivity contribution in [1.29, 1.82) is 0 Å². The molecule has 0 radical (unpaired) electrons. The summed E-state index contributed by atoms with van der Waals surface area (Å²) in [4.78, 5) is 11.7. The average Bonchev–Trinajstić information content (AvgIpc) is 3.14. The minimum atomic E-state index is 0.0290. The number of anilines is 2. The number of hydrogen-bond donors (Lipinski definition) is 3. The number of carbonyl (C=O) groups is 1. The first-order valence-electron chi connectivity index (χ1n) is 6.19. The molecule has 3 N–H and O–H groups in total. The Bertz CT molecular complexity index is 432. The quantitative estimate of drug-likeness (QED) is 0.757. The zero-order valence-electron chi connectivity index (χ0n) is 10.4. The molecule has 18 heavy (non-hydrogen) atoms. The molecule has 1 aromatic carbocycles. The molecular weight excluding hydrogens is 294 g/mol. The monoisotopic (exact) mass is 311 g/mol. The Hall–Kier alpha value is -1.07. The maximum Gasteiger partial charge on any atom is 0.225 e. The van der Waals surface area contributed by atoms with Crippen molar-refractivity contribution in [1.82, 2.24) is 5.32 Å². The number of hydrogen-bond acceptors (Lipinski definition) is 3. The highest BCUT2D eigenvalue weighted by molar-refractivity contribution is 9.10. The van der Waals surface area contributed by atoms with Crippen LogP contribution in [0.3, 0.4) is 0 Å². The van der Waals surface area contributed by atoms with Crippen molar-refractivity contribution in [2.45, 2.75) is 25.3 Å². The van der Waals surface area contributed by atoms with Crippen molar-refractivity contribution in [3.63, 3.8) is 0 Å². The second kappa shape index (κ2) is 6.20. The van der Waals surface area contributed by atoms with Crippen LogP contribution in [0.1, 0.15) is 19.3 Å². The van der Waals surface area contributed by atoms with Gasteiger partial charge in [-0.15, -0.1) is 0 Å². The molecule has 0 aromatic heterocycles. The third-order valence-corrected chi connectivity index (χ3v) is 3.29. The van der Waals surface area contributed by atoms with Gasteiger partial charge in [-0.2, -0.15) is 0 Å². The van der Waals surface area contributed by atoms with Crippen LogP contribution in [0.4, 0.5) is 11.4 Å². The minimum Gasteiger partial charge on any atom is -0.381 e. The van der Waals surface area contributed by atoms with Crippen molar-refractivity contribution in [3.05, 3.63) is 22.7 Å². The fraction of sp³-hybridized carbons (Fsp3) is 0.462. The number of carbonyl (C=O) groups excluding carboxylic acids is 1. The molecule has 1 aliphatic carbocycles. The van der Waals surface area contributed by atoms with Gasteiger partial charge in [0.25, 0.3) is 0 Å². The summed E-state index contributed by atoms with van der Waals surface area (Å²) in [6.45, 7) is 0.686. The number of rotatable bonds is 6. The molecule has 0 spiro atoms. The van der Waals surface area contributed by atoms with Gasteiger partial charge in [0.1, 0.15) is 0 Å². The Morgan fingerprint density at radius 1 is 1.39 bits per heavy atom. The number of benzene rings is 1. The van der Waals surface area contributed by atoms with Gasteiger partial charge in [0.2, 0.25) is 5.91 Å². The van der Waals surface area contributed by atoms with E-state index in [9.17, 15) is 4.79 Å². The van der Waals surface area contributed by atoms with Crippen molar-refractivity contribution >= 4 is 33.2 Å². The molecule has 1 fully saturated rings. The lowest BCUT2D eigenvalue weighted by molar-refractivity contribution is -0.116. The first-order valence-corrected chi connectivity index (χ1v) is 6.99. The van der Waals surface area contributed by atoms with Crippen LogP contribution in [0.15, 0.2) is 22.7 Å². The minimum absolute atomic E-state index is 0.0290. The van der Waals surface area contributed by atoms with Crippen molar-refractivity contribution in [2.75, 3.05) is 24.2 Å². The Balaban J connectivity index is 2.03. The maximum absolute atomic E-state index is 11.7. The lowest BCUT2D eigenvalue weighted by atomic mass is 10.2. The van der Waals surface area contributed by atoms with E-state index in [1.165, 1.54) is 12.8 Å². The molecule has 5 heteroatoms. The Morgan fingerprint density at radius 2 is 2.17 bits per heavy atom. The summed E-state index contributed by atoms with van der Waals surface area (Å²) in [6, 6.07) is 6.48. The fourth-order valence-corrected chi connectivity index (χ4v) is 2.01. The fourth-order valence-electron chi connectivity index (χ4n) is 1.64. The third kappa shape index (κ3) is 3.99. The highest BCUT2D eigenvalue weighted by Crippen LogP contribution is 2.31. The molecule has 0 saturated heterocycles. The molecule has 1 amide bonds. The number of amides is 1. The lowest BCUT2D eigenvalue weighted by Gasteiger charge is -2.13. The molecule has 0 unspecified atom stereocenters. The Morgan fingerprint density at radius 3 is 2.83 bits per heavy atom. The molecule has 98 valence electrons. The van der Waals surface area contributed by atoms with Gasteiger partial charge >= 0.3 is 0 Å². The molecule has 0 heterocycles. The van der Waals surface area contributed by atoms with Crippen LogP contribution in [0.25, 0.3) is 0 Å². The summed E-state index contributed by atoms with van der Waals surface area (Å²) < 4.78 is 0.966. The van der Waals surface area contributed by atoms with E-state index in [1.807, 2.05) is 25.2 Å². The van der Waals surface area contributed by atoms with Crippen molar-refractivity contribution < 1.29 is 4.79 Å². The summed E-state index contributed by atoms with van der Waals surface area (Å²) in [5.74, 6) is 0.0290. The Kier molecular flexibility index (Phi) is 4.60. The van der Waals surface area contributed by atoms with E-state index in [0.717, 1.165) is 15.8 Å². The SMILES string of the molecule is CNCCC(=O)Nc1cc(Br)ccc1NC1CC1. The van der Waals surface area contributed by atoms with E-state index < -0.39 is 0 Å². The first-order chi connectivity index (χ1) is 8.69. The van der Waals surface area contributed by atoms with Gasteiger partial charge in [0.15, 0.2) is 0 Å². The molecule has 1 aromatic rings. The van der Waals surface area contributed by atoms with Gasteiger partial charge in [-0.25, -0.2) is 0 Å². The summed E-state index contributed by atoms with van der Waals surface area (Å²) in [5, 5.41) is 9.34. The van der Waals surface area contributed by atoms with E-state index in [4.69, 9.17) is 0 Å². The van der Waals surface area contributed by atoms with E-state index in [2.05, 4.69) is 31.9 Å². The van der Waals surface area contributed by atoms with E-state index >= 15 is 0 Å². The Labute approximate surface area is 116 Å². The van der Waals surface area contributed by atoms with Crippen molar-refractivity contribution in [3.8, 4) is 0 Å². The predicted octanol–water partition coefficient (Wildman–Crippen LogP) is 2.57. The number of nitrogens with one attached hydrogen (secondary N) is 3. The van der Waals surface area contributed by atoms with Gasteiger partial charge in [-0.3, -0.25) is 4.79 Å². The molecule has 4 nitrogen and oxygen atoms in total. The molecule has 2 rings (SSSR count). The lowest BCUT2D eigenvalue weighted by Crippen LogP contribution is -2.19. The smallest absolute Gasteiger partial charge is 0.225 e. The summed E-state index contributed by atoms with van der Waals surface area (Å²) in [7, 11) is 1.84. The summed E-state index contributed by atoms with van der Waals surface area (Å²) in [6.07, 6.45) is 2.90. The summed E-state index contributed by atoms with van der Waals surface area (Å²) >= 11 is 3.43. The van der Waals surface area contributed by atoms with Crippen LogP contribution in [0.2, 0.25) is 0 Å². The summed E-state index contributed by atoms with van der Waals surface area (Å²) in [5.41, 5.74) is 1.84. The third-order valence-electron chi connectivity index (χ3n) is 2.79. The van der Waals surface area contributed by atoms with Crippen LogP contribution in [0, 0.1) is 0 Å². The van der Waals surface area contributed by atoms with Crippen LogP contribution in [-0.2, 0) is 4.79 Å². The zero-order valence-corrected chi connectivity index (χ0v) is 12.0. The molecule has 0 atom stereocenters. The highest BCUT2D eigenvalue weighted by atomic mass is 79.9. The average molecular weight is 312 g/mol. The first kappa shape index (κ1) is 13.4. The topological polar surface area (TPSA) is 53.2 Å². The standard InChI is InChI=1S/C13H18BrN3O/c1-15-7-6-13(18)17-12-8-9(14)2-5-11(12)16-10-3-4-10/h2,5,8,10,15-16H,3-4,6-7H2,1H3,(H,17,18). The van der Waals surface area contributed by atoms with Crippen molar-refractivity contribution in [2.24, 2.45) is 0 Å². The van der Waals surface area contributed by atoms with Crippen LogP contribution >= 0.6 is 15.9 Å². The highest BCUT2D eigenvalue weighted by Gasteiger charge is 2.22. The van der Waals surface area contributed by atoms with Gasteiger partial charge in [-0.1, -0.05) is 15.9 Å². The molecule has 0 aliphatic heterocycles. The largest absolute Gasteiger partial charge is 0.381 e. The molecule has 0 bridgehead atoms. The predicted molar refractivity (Wildman–Crippen MR) is 78.0 cm³/mol. The second-order valence-electron chi connectivity index (χ2n) is 4.51. The molecular formula is C13H18BrN3O. The second-order valence-corrected chi connectivity index (χ2v) is 5.43. The van der Waals surface area contributed by atoms with Gasteiger partial charge in [0, 0.05) is 23.5 Å². The van der Waals surface area contributed by atoms with Crippen LogP contribution < -0.4 is 16.0 Å². The molecule has 1 aliphatic rings. The molecule has 1 saturated carbocycles.